The normalized spacial score (nSPS) is 11.4. The van der Waals surface area contributed by atoms with Gasteiger partial charge >= 0.3 is 12.0 Å². The Morgan fingerprint density at radius 1 is 1.59 bits per heavy atom. The van der Waals surface area contributed by atoms with E-state index in [0.29, 0.717) is 13.2 Å². The lowest BCUT2D eigenvalue weighted by Gasteiger charge is -2.20. The summed E-state index contributed by atoms with van der Waals surface area (Å²) >= 11 is 0. The van der Waals surface area contributed by atoms with Gasteiger partial charge < -0.3 is 20.1 Å². The Hall–Kier alpha value is -1.74. The lowest BCUT2D eigenvalue weighted by molar-refractivity contribution is -0.137. The van der Waals surface area contributed by atoms with Crippen molar-refractivity contribution >= 4 is 12.0 Å². The van der Waals surface area contributed by atoms with E-state index < -0.39 is 18.5 Å². The lowest BCUT2D eigenvalue weighted by Crippen LogP contribution is -2.44. The Morgan fingerprint density at radius 2 is 2.24 bits per heavy atom. The van der Waals surface area contributed by atoms with Gasteiger partial charge in [0.15, 0.2) is 0 Å². The third-order valence-electron chi connectivity index (χ3n) is 1.95. The maximum absolute atomic E-state index is 11.6. The standard InChI is InChI=1S/C11H18N2O4/c1-4-5-13(7-10(14)15)11(16)12-6-9(2)8-17-3/h1,9H,5-8H2,2-3H3,(H,12,16)(H,14,15). The molecule has 0 aromatic carbocycles. The number of rotatable bonds is 7. The zero-order valence-corrected chi connectivity index (χ0v) is 10.1. The molecular formula is C11H18N2O4. The number of nitrogens with zero attached hydrogens (tertiary/aromatic N) is 1. The smallest absolute Gasteiger partial charge is 0.323 e. The molecule has 0 aromatic heterocycles. The van der Waals surface area contributed by atoms with Crippen LogP contribution in [0.2, 0.25) is 0 Å². The van der Waals surface area contributed by atoms with Crippen LogP contribution in [0.5, 0.6) is 0 Å². The second-order valence-corrected chi connectivity index (χ2v) is 3.70. The maximum atomic E-state index is 11.6. The van der Waals surface area contributed by atoms with Crippen LogP contribution in [0.3, 0.4) is 0 Å². The molecule has 6 heteroatoms. The van der Waals surface area contributed by atoms with Crippen LogP contribution >= 0.6 is 0 Å². The molecule has 0 saturated heterocycles. The van der Waals surface area contributed by atoms with Gasteiger partial charge in [-0.15, -0.1) is 6.42 Å². The number of urea groups is 1. The van der Waals surface area contributed by atoms with E-state index in [1.807, 2.05) is 6.92 Å². The van der Waals surface area contributed by atoms with E-state index >= 15 is 0 Å². The van der Waals surface area contributed by atoms with Gasteiger partial charge in [0, 0.05) is 13.7 Å². The van der Waals surface area contributed by atoms with Gasteiger partial charge in [-0.05, 0) is 5.92 Å². The molecule has 0 heterocycles. The average molecular weight is 242 g/mol. The number of carbonyl (C=O) groups excluding carboxylic acids is 1. The van der Waals surface area contributed by atoms with E-state index in [2.05, 4.69) is 11.2 Å². The summed E-state index contributed by atoms with van der Waals surface area (Å²) in [5.41, 5.74) is 0. The van der Waals surface area contributed by atoms with E-state index in [0.717, 1.165) is 4.90 Å². The number of terminal acetylenes is 1. The fourth-order valence-corrected chi connectivity index (χ4v) is 1.19. The number of amides is 2. The fourth-order valence-electron chi connectivity index (χ4n) is 1.19. The first-order chi connectivity index (χ1) is 8.01. The van der Waals surface area contributed by atoms with Crippen LogP contribution in [-0.2, 0) is 9.53 Å². The first-order valence-electron chi connectivity index (χ1n) is 5.18. The zero-order valence-electron chi connectivity index (χ0n) is 10.1. The average Bonchev–Trinajstić information content (AvgIpc) is 2.25. The van der Waals surface area contributed by atoms with Gasteiger partial charge in [-0.3, -0.25) is 4.79 Å². The molecule has 0 aliphatic rings. The quantitative estimate of drug-likeness (QED) is 0.616. The predicted molar refractivity (Wildman–Crippen MR) is 62.5 cm³/mol. The van der Waals surface area contributed by atoms with Crippen molar-refractivity contribution in [1.29, 1.82) is 0 Å². The highest BCUT2D eigenvalue weighted by atomic mass is 16.5. The molecule has 0 bridgehead atoms. The number of nitrogens with one attached hydrogen (secondary N) is 1. The summed E-state index contributed by atoms with van der Waals surface area (Å²) in [6.07, 6.45) is 5.06. The Morgan fingerprint density at radius 3 is 2.71 bits per heavy atom. The number of hydrogen-bond acceptors (Lipinski definition) is 3. The molecule has 96 valence electrons. The molecule has 0 radical (unpaired) electrons. The second kappa shape index (κ2) is 8.42. The summed E-state index contributed by atoms with van der Waals surface area (Å²) in [6.45, 7) is 2.40. The van der Waals surface area contributed by atoms with Crippen LogP contribution in [-0.4, -0.2) is 55.4 Å². The number of ether oxygens (including phenoxy) is 1. The van der Waals surface area contributed by atoms with Gasteiger partial charge in [0.2, 0.25) is 0 Å². The minimum absolute atomic E-state index is 0.0310. The van der Waals surface area contributed by atoms with Crippen LogP contribution in [0.25, 0.3) is 0 Å². The molecule has 0 aliphatic heterocycles. The van der Waals surface area contributed by atoms with Gasteiger partial charge in [-0.25, -0.2) is 4.79 Å². The predicted octanol–water partition coefficient (Wildman–Crippen LogP) is -0.00170. The zero-order chi connectivity index (χ0) is 13.3. The number of carboxylic acid groups (broad SMARTS) is 1. The third-order valence-corrected chi connectivity index (χ3v) is 1.95. The number of hydrogen-bond donors (Lipinski definition) is 2. The third kappa shape index (κ3) is 7.19. The molecule has 6 nitrogen and oxygen atoms in total. The minimum atomic E-state index is -1.10. The molecular weight excluding hydrogens is 224 g/mol. The summed E-state index contributed by atoms with van der Waals surface area (Å²) in [4.78, 5) is 23.2. The van der Waals surface area contributed by atoms with Gasteiger partial charge in [0.05, 0.1) is 13.2 Å². The van der Waals surface area contributed by atoms with E-state index in [1.165, 1.54) is 0 Å². The maximum Gasteiger partial charge on any atom is 0.323 e. The monoisotopic (exact) mass is 242 g/mol. The molecule has 2 N–H and O–H groups in total. The molecule has 2 amide bonds. The van der Waals surface area contributed by atoms with Crippen molar-refractivity contribution in [3.63, 3.8) is 0 Å². The van der Waals surface area contributed by atoms with Crippen LogP contribution < -0.4 is 5.32 Å². The van der Waals surface area contributed by atoms with Crippen LogP contribution in [0.1, 0.15) is 6.92 Å². The van der Waals surface area contributed by atoms with Crippen LogP contribution in [0.4, 0.5) is 4.79 Å². The van der Waals surface area contributed by atoms with Gasteiger partial charge in [0.1, 0.15) is 6.54 Å². The van der Waals surface area contributed by atoms with Crippen molar-refractivity contribution in [1.82, 2.24) is 10.2 Å². The van der Waals surface area contributed by atoms with Crippen molar-refractivity contribution in [3.8, 4) is 12.3 Å². The van der Waals surface area contributed by atoms with Crippen molar-refractivity contribution in [2.45, 2.75) is 6.92 Å². The summed E-state index contributed by atoms with van der Waals surface area (Å²) < 4.78 is 4.92. The largest absolute Gasteiger partial charge is 0.480 e. The summed E-state index contributed by atoms with van der Waals surface area (Å²) in [7, 11) is 1.58. The van der Waals surface area contributed by atoms with E-state index in [9.17, 15) is 9.59 Å². The van der Waals surface area contributed by atoms with Crippen molar-refractivity contribution in [2.75, 3.05) is 33.4 Å². The van der Waals surface area contributed by atoms with Crippen LogP contribution in [0.15, 0.2) is 0 Å². The first-order valence-corrected chi connectivity index (χ1v) is 5.18. The molecule has 0 saturated carbocycles. The summed E-state index contributed by atoms with van der Waals surface area (Å²) in [6, 6.07) is -0.478. The minimum Gasteiger partial charge on any atom is -0.480 e. The SMILES string of the molecule is C#CCN(CC(=O)O)C(=O)NCC(C)COC. The highest BCUT2D eigenvalue weighted by molar-refractivity contribution is 5.80. The molecule has 1 atom stereocenters. The lowest BCUT2D eigenvalue weighted by atomic mass is 10.2. The van der Waals surface area contributed by atoms with E-state index in [1.54, 1.807) is 7.11 Å². The van der Waals surface area contributed by atoms with Gasteiger partial charge in [-0.1, -0.05) is 12.8 Å². The molecule has 0 aliphatic carbocycles. The molecule has 17 heavy (non-hydrogen) atoms. The number of methoxy groups -OCH3 is 1. The second-order valence-electron chi connectivity index (χ2n) is 3.70. The molecule has 0 fully saturated rings. The topological polar surface area (TPSA) is 78.9 Å². The van der Waals surface area contributed by atoms with Gasteiger partial charge in [0.25, 0.3) is 0 Å². The summed E-state index contributed by atoms with van der Waals surface area (Å²) in [5.74, 6) is 1.30. The van der Waals surface area contributed by atoms with Crippen molar-refractivity contribution in [3.05, 3.63) is 0 Å². The highest BCUT2D eigenvalue weighted by Gasteiger charge is 2.15. The Kier molecular flexibility index (Phi) is 7.55. The molecule has 1 unspecified atom stereocenters. The highest BCUT2D eigenvalue weighted by Crippen LogP contribution is 1.94. The molecule has 0 aromatic rings. The summed E-state index contributed by atoms with van der Waals surface area (Å²) in [5, 5.41) is 11.2. The van der Waals surface area contributed by atoms with E-state index in [4.69, 9.17) is 16.3 Å². The Bertz CT molecular complexity index is 298. The first kappa shape index (κ1) is 15.3. The molecule has 0 rings (SSSR count). The number of carboxylic acids is 1. The fraction of sp³-hybridized carbons (Fsp3) is 0.636. The molecule has 0 spiro atoms. The number of carbonyl (C=O) groups is 2. The Labute approximate surface area is 101 Å². The number of aliphatic carboxylic acids is 1. The van der Waals surface area contributed by atoms with Crippen LogP contribution in [0, 0.1) is 18.3 Å². The Balaban J connectivity index is 4.14. The van der Waals surface area contributed by atoms with Crippen molar-refractivity contribution in [2.24, 2.45) is 5.92 Å². The van der Waals surface area contributed by atoms with Gasteiger partial charge in [-0.2, -0.15) is 0 Å². The van der Waals surface area contributed by atoms with E-state index in [-0.39, 0.29) is 12.5 Å². The van der Waals surface area contributed by atoms with Crippen molar-refractivity contribution < 1.29 is 19.4 Å².